The summed E-state index contributed by atoms with van der Waals surface area (Å²) in [7, 11) is 0. The van der Waals surface area contributed by atoms with Crippen molar-refractivity contribution in [2.24, 2.45) is 0 Å². The molecule has 4 aromatic rings. The lowest BCUT2D eigenvalue weighted by Crippen LogP contribution is -2.40. The van der Waals surface area contributed by atoms with Crippen LogP contribution in [-0.2, 0) is 4.79 Å². The van der Waals surface area contributed by atoms with Crippen LogP contribution in [-0.4, -0.2) is 39.6 Å². The zero-order chi connectivity index (χ0) is 24.5. The largest absolute Gasteiger partial charge is 0.358 e. The van der Waals surface area contributed by atoms with Crippen molar-refractivity contribution in [3.63, 3.8) is 0 Å². The first-order valence-corrected chi connectivity index (χ1v) is 11.5. The zero-order valence-electron chi connectivity index (χ0n) is 18.5. The van der Waals surface area contributed by atoms with E-state index in [1.165, 1.54) is 29.4 Å². The van der Waals surface area contributed by atoms with Gasteiger partial charge in [-0.1, -0.05) is 47.5 Å². The molecule has 1 aliphatic heterocycles. The normalized spacial score (nSPS) is 13.8. The number of aromatic amines is 1. The van der Waals surface area contributed by atoms with Gasteiger partial charge in [-0.05, 0) is 47.7 Å². The third-order valence-corrected chi connectivity index (χ3v) is 6.49. The molecule has 5 nitrogen and oxygen atoms in total. The molecule has 0 atom stereocenters. The summed E-state index contributed by atoms with van der Waals surface area (Å²) in [5.74, 6) is -2.59. The summed E-state index contributed by atoms with van der Waals surface area (Å²) in [5.41, 5.74) is 4.04. The third-order valence-electron chi connectivity index (χ3n) is 6.18. The summed E-state index contributed by atoms with van der Waals surface area (Å²) in [6.45, 7) is 0.620. The van der Waals surface area contributed by atoms with E-state index >= 15 is 0 Å². The number of pyridine rings is 1. The van der Waals surface area contributed by atoms with Crippen LogP contribution in [0.25, 0.3) is 16.6 Å². The van der Waals surface area contributed by atoms with Crippen molar-refractivity contribution in [3.05, 3.63) is 106 Å². The van der Waals surface area contributed by atoms with Gasteiger partial charge in [0, 0.05) is 31.5 Å². The van der Waals surface area contributed by atoms with Gasteiger partial charge < -0.3 is 9.88 Å². The van der Waals surface area contributed by atoms with Crippen molar-refractivity contribution in [2.75, 3.05) is 13.1 Å². The highest BCUT2D eigenvalue weighted by Gasteiger charge is 2.29. The molecule has 0 aliphatic carbocycles. The Labute approximate surface area is 205 Å². The van der Waals surface area contributed by atoms with Crippen molar-refractivity contribution in [1.82, 2.24) is 14.9 Å². The standard InChI is InChI=1S/C27H20ClF2N3O2/c28-22-6-9-31-24-21(15-32-25(22)24)26(34)27(35)33-10-7-17(8-11-33)23(16-4-2-1-3-5-16)18-12-19(29)14-20(30)13-18/h1-6,9,12-15,32H,7-8,10-11H2. The minimum Gasteiger partial charge on any atom is -0.358 e. The molecule has 0 bridgehead atoms. The minimum atomic E-state index is -0.658. The Hall–Kier alpha value is -3.84. The molecule has 1 saturated heterocycles. The highest BCUT2D eigenvalue weighted by Crippen LogP contribution is 2.33. The van der Waals surface area contributed by atoms with E-state index in [4.69, 9.17) is 11.6 Å². The number of benzene rings is 2. The number of nitrogens with one attached hydrogen (secondary N) is 1. The predicted molar refractivity (Wildman–Crippen MR) is 130 cm³/mol. The van der Waals surface area contributed by atoms with Crippen molar-refractivity contribution in [1.29, 1.82) is 0 Å². The van der Waals surface area contributed by atoms with Gasteiger partial charge in [0.25, 0.3) is 11.7 Å². The van der Waals surface area contributed by atoms with E-state index in [0.717, 1.165) is 22.8 Å². The molecule has 0 spiro atoms. The van der Waals surface area contributed by atoms with Crippen LogP contribution in [0.3, 0.4) is 0 Å². The average Bonchev–Trinajstić information content (AvgIpc) is 3.29. The van der Waals surface area contributed by atoms with E-state index in [-0.39, 0.29) is 5.56 Å². The molecule has 1 N–H and O–H groups in total. The number of rotatable bonds is 4. The molecule has 1 amide bonds. The van der Waals surface area contributed by atoms with E-state index in [9.17, 15) is 18.4 Å². The number of Topliss-reactive ketones (excluding diaryl/α,β-unsaturated/α-hetero) is 1. The molecule has 0 saturated carbocycles. The topological polar surface area (TPSA) is 66.1 Å². The lowest BCUT2D eigenvalue weighted by Gasteiger charge is -2.30. The van der Waals surface area contributed by atoms with Crippen LogP contribution >= 0.6 is 11.6 Å². The smallest absolute Gasteiger partial charge is 0.295 e. The van der Waals surface area contributed by atoms with E-state index in [2.05, 4.69) is 9.97 Å². The SMILES string of the molecule is O=C(C(=O)N1CCC(=C(c2ccccc2)c2cc(F)cc(F)c2)CC1)c1c[nH]c2c(Cl)ccnc12. The molecule has 2 aromatic carbocycles. The number of fused-ring (bicyclic) bond motifs is 1. The van der Waals surface area contributed by atoms with Crippen molar-refractivity contribution in [2.45, 2.75) is 12.8 Å². The number of H-pyrrole nitrogens is 1. The van der Waals surface area contributed by atoms with Gasteiger partial charge in [0.1, 0.15) is 17.2 Å². The maximum Gasteiger partial charge on any atom is 0.295 e. The maximum absolute atomic E-state index is 14.0. The van der Waals surface area contributed by atoms with Crippen LogP contribution in [0, 0.1) is 11.6 Å². The van der Waals surface area contributed by atoms with E-state index in [0.29, 0.717) is 47.6 Å². The number of hydrogen-bond acceptors (Lipinski definition) is 3. The Morgan fingerprint density at radius 1 is 0.943 bits per heavy atom. The summed E-state index contributed by atoms with van der Waals surface area (Å²) < 4.78 is 28.1. The predicted octanol–water partition coefficient (Wildman–Crippen LogP) is 5.80. The molecule has 1 fully saturated rings. The monoisotopic (exact) mass is 491 g/mol. The molecule has 8 heteroatoms. The molecule has 5 rings (SSSR count). The average molecular weight is 492 g/mol. The second kappa shape index (κ2) is 9.43. The van der Waals surface area contributed by atoms with Crippen molar-refractivity contribution >= 4 is 39.9 Å². The van der Waals surface area contributed by atoms with E-state index in [1.807, 2.05) is 30.3 Å². The van der Waals surface area contributed by atoms with Gasteiger partial charge in [0.15, 0.2) is 0 Å². The van der Waals surface area contributed by atoms with Crippen molar-refractivity contribution < 1.29 is 18.4 Å². The number of aromatic nitrogens is 2. The van der Waals surface area contributed by atoms with Gasteiger partial charge in [-0.2, -0.15) is 0 Å². The quantitative estimate of drug-likeness (QED) is 0.290. The molecule has 3 heterocycles. The van der Waals surface area contributed by atoms with Crippen LogP contribution in [0.5, 0.6) is 0 Å². The van der Waals surface area contributed by atoms with Gasteiger partial charge >= 0.3 is 0 Å². The number of ketones is 1. The first-order valence-electron chi connectivity index (χ1n) is 11.1. The Kier molecular flexibility index (Phi) is 6.17. The first kappa shape index (κ1) is 22.9. The van der Waals surface area contributed by atoms with Crippen LogP contribution in [0.4, 0.5) is 8.78 Å². The summed E-state index contributed by atoms with van der Waals surface area (Å²) >= 11 is 6.14. The number of amides is 1. The molecule has 176 valence electrons. The molecule has 2 aromatic heterocycles. The zero-order valence-corrected chi connectivity index (χ0v) is 19.3. The molecular weight excluding hydrogens is 472 g/mol. The summed E-state index contributed by atoms with van der Waals surface area (Å²) in [6, 6.07) is 14.5. The Morgan fingerprint density at radius 2 is 1.63 bits per heavy atom. The van der Waals surface area contributed by atoms with E-state index in [1.54, 1.807) is 6.07 Å². The lowest BCUT2D eigenvalue weighted by molar-refractivity contribution is -0.126. The highest BCUT2D eigenvalue weighted by molar-refractivity contribution is 6.45. The molecule has 0 radical (unpaired) electrons. The first-order chi connectivity index (χ1) is 16.9. The number of nitrogens with zero attached hydrogens (tertiary/aromatic N) is 2. The van der Waals surface area contributed by atoms with Gasteiger partial charge in [-0.15, -0.1) is 0 Å². The third kappa shape index (κ3) is 4.47. The fourth-order valence-electron chi connectivity index (χ4n) is 4.53. The van der Waals surface area contributed by atoms with Crippen molar-refractivity contribution in [3.8, 4) is 0 Å². The van der Waals surface area contributed by atoms with Gasteiger partial charge in [0.2, 0.25) is 0 Å². The summed E-state index contributed by atoms with van der Waals surface area (Å²) in [6.07, 6.45) is 3.88. The number of carbonyl (C=O) groups is 2. The van der Waals surface area contributed by atoms with Gasteiger partial charge in [-0.3, -0.25) is 14.6 Å². The molecule has 1 aliphatic rings. The van der Waals surface area contributed by atoms with Crippen LogP contribution in [0.15, 0.2) is 72.6 Å². The Bertz CT molecular complexity index is 1450. The van der Waals surface area contributed by atoms with Gasteiger partial charge in [-0.25, -0.2) is 8.78 Å². The molecule has 0 unspecified atom stereocenters. The van der Waals surface area contributed by atoms with Gasteiger partial charge in [0.05, 0.1) is 16.1 Å². The fourth-order valence-corrected chi connectivity index (χ4v) is 4.73. The Balaban J connectivity index is 1.42. The van der Waals surface area contributed by atoms with E-state index < -0.39 is 23.3 Å². The number of likely N-dealkylation sites (tertiary alicyclic amines) is 1. The van der Waals surface area contributed by atoms with Crippen LogP contribution in [0.2, 0.25) is 5.02 Å². The number of halogens is 3. The lowest BCUT2D eigenvalue weighted by atomic mass is 9.88. The summed E-state index contributed by atoms with van der Waals surface area (Å²) in [4.78, 5) is 34.6. The maximum atomic E-state index is 14.0. The fraction of sp³-hybridized carbons (Fsp3) is 0.148. The number of piperidine rings is 1. The second-order valence-electron chi connectivity index (χ2n) is 8.34. The molecule has 35 heavy (non-hydrogen) atoms. The van der Waals surface area contributed by atoms with Crippen LogP contribution in [0.1, 0.15) is 34.3 Å². The number of hydrogen-bond donors (Lipinski definition) is 1. The Morgan fingerprint density at radius 3 is 2.31 bits per heavy atom. The van der Waals surface area contributed by atoms with Crippen LogP contribution < -0.4 is 0 Å². The number of carbonyl (C=O) groups excluding carboxylic acids is 2. The minimum absolute atomic E-state index is 0.175. The molecular formula is C27H20ClF2N3O2. The summed E-state index contributed by atoms with van der Waals surface area (Å²) in [5, 5.41) is 0.413. The highest BCUT2D eigenvalue weighted by atomic mass is 35.5. The second-order valence-corrected chi connectivity index (χ2v) is 8.75.